The Hall–Kier alpha value is -2.13. The van der Waals surface area contributed by atoms with Gasteiger partial charge < -0.3 is 15.5 Å². The Balaban J connectivity index is 1.37. The number of carbonyl (C=O) groups is 2. The number of likely N-dealkylation sites (tertiary alicyclic amines) is 1. The highest BCUT2D eigenvalue weighted by Gasteiger charge is 2.19. The van der Waals surface area contributed by atoms with E-state index in [9.17, 15) is 9.59 Å². The van der Waals surface area contributed by atoms with Gasteiger partial charge in [-0.25, -0.2) is 0 Å². The number of nitrogens with one attached hydrogen (secondary N) is 2. The summed E-state index contributed by atoms with van der Waals surface area (Å²) < 4.78 is 0.755. The number of rotatable bonds is 9. The van der Waals surface area contributed by atoms with Crippen LogP contribution < -0.4 is 10.6 Å². The van der Waals surface area contributed by atoms with Crippen molar-refractivity contribution in [2.24, 2.45) is 0 Å². The first-order valence-corrected chi connectivity index (χ1v) is 11.2. The van der Waals surface area contributed by atoms with Crippen molar-refractivity contribution in [2.45, 2.75) is 37.4 Å². The Morgan fingerprint density at radius 2 is 2.18 bits per heavy atom. The largest absolute Gasteiger partial charge is 0.355 e. The first-order valence-electron chi connectivity index (χ1n) is 9.37. The van der Waals surface area contributed by atoms with Gasteiger partial charge in [0.2, 0.25) is 16.9 Å². The number of aromatic nitrogens is 2. The van der Waals surface area contributed by atoms with Crippen LogP contribution in [0.4, 0.5) is 10.8 Å². The third kappa shape index (κ3) is 5.68. The van der Waals surface area contributed by atoms with Gasteiger partial charge in [-0.2, -0.15) is 0 Å². The standard InChI is InChI=1S/C19H25N5O2S2/c1-13-6-3-7-15(14(13)2)21-18-22-23-19(28-18)27-12-16(25)20-9-5-11-24-10-4-8-17(24)26/h3,6-7H,4-5,8-12H2,1-2H3,(H,20,25)(H,21,22). The molecule has 2 N–H and O–H groups in total. The third-order valence-corrected chi connectivity index (χ3v) is 6.65. The number of benzene rings is 1. The van der Waals surface area contributed by atoms with E-state index in [1.165, 1.54) is 34.2 Å². The van der Waals surface area contributed by atoms with Gasteiger partial charge in [-0.3, -0.25) is 9.59 Å². The highest BCUT2D eigenvalue weighted by molar-refractivity contribution is 8.01. The molecule has 0 atom stereocenters. The average molecular weight is 420 g/mol. The van der Waals surface area contributed by atoms with Gasteiger partial charge in [0.25, 0.3) is 0 Å². The minimum atomic E-state index is -0.0306. The van der Waals surface area contributed by atoms with E-state index in [2.05, 4.69) is 40.7 Å². The van der Waals surface area contributed by atoms with Crippen LogP contribution in [0, 0.1) is 13.8 Å². The monoisotopic (exact) mass is 419 g/mol. The highest BCUT2D eigenvalue weighted by atomic mass is 32.2. The SMILES string of the molecule is Cc1cccc(Nc2nnc(SCC(=O)NCCCN3CCCC3=O)s2)c1C. The van der Waals surface area contributed by atoms with Gasteiger partial charge in [-0.15, -0.1) is 10.2 Å². The lowest BCUT2D eigenvalue weighted by atomic mass is 10.1. The van der Waals surface area contributed by atoms with Crippen molar-refractivity contribution in [2.75, 3.05) is 30.7 Å². The smallest absolute Gasteiger partial charge is 0.230 e. The van der Waals surface area contributed by atoms with Gasteiger partial charge in [0, 0.05) is 31.7 Å². The summed E-state index contributed by atoms with van der Waals surface area (Å²) in [6.07, 6.45) is 2.39. The molecule has 3 rings (SSSR count). The van der Waals surface area contributed by atoms with Crippen molar-refractivity contribution in [3.05, 3.63) is 29.3 Å². The molecule has 1 aliphatic heterocycles. The fourth-order valence-corrected chi connectivity index (χ4v) is 4.53. The number of aryl methyl sites for hydroxylation is 1. The molecule has 2 amide bonds. The maximum absolute atomic E-state index is 12.0. The average Bonchev–Trinajstić information content (AvgIpc) is 3.30. The fourth-order valence-electron chi connectivity index (χ4n) is 2.94. The lowest BCUT2D eigenvalue weighted by Crippen LogP contribution is -2.31. The Bertz CT molecular complexity index is 839. The first kappa shape index (κ1) is 20.6. The summed E-state index contributed by atoms with van der Waals surface area (Å²) in [5.74, 6) is 0.501. The number of hydrogen-bond acceptors (Lipinski definition) is 7. The lowest BCUT2D eigenvalue weighted by molar-refractivity contribution is -0.127. The van der Waals surface area contributed by atoms with E-state index >= 15 is 0 Å². The molecule has 150 valence electrons. The second kappa shape index (κ2) is 9.88. The van der Waals surface area contributed by atoms with Gasteiger partial charge in [0.15, 0.2) is 4.34 Å². The molecule has 2 aromatic rings. The Kier molecular flexibility index (Phi) is 7.27. The van der Waals surface area contributed by atoms with E-state index < -0.39 is 0 Å². The van der Waals surface area contributed by atoms with Crippen molar-refractivity contribution in [1.82, 2.24) is 20.4 Å². The van der Waals surface area contributed by atoms with Crippen LogP contribution in [0.1, 0.15) is 30.4 Å². The minimum absolute atomic E-state index is 0.0306. The molecule has 0 unspecified atom stereocenters. The molecule has 1 aliphatic rings. The zero-order valence-electron chi connectivity index (χ0n) is 16.2. The summed E-state index contributed by atoms with van der Waals surface area (Å²) in [6.45, 7) is 6.29. The first-order chi connectivity index (χ1) is 13.5. The summed E-state index contributed by atoms with van der Waals surface area (Å²) in [7, 11) is 0. The van der Waals surface area contributed by atoms with Crippen LogP contribution in [0.5, 0.6) is 0 Å². The van der Waals surface area contributed by atoms with Crippen LogP contribution in [-0.4, -0.2) is 52.3 Å². The molecule has 9 heteroatoms. The predicted molar refractivity (Wildman–Crippen MR) is 113 cm³/mol. The second-order valence-corrected chi connectivity index (χ2v) is 8.92. The molecule has 1 fully saturated rings. The Morgan fingerprint density at radius 1 is 1.32 bits per heavy atom. The van der Waals surface area contributed by atoms with Crippen molar-refractivity contribution < 1.29 is 9.59 Å². The van der Waals surface area contributed by atoms with Gasteiger partial charge in [0.05, 0.1) is 5.75 Å². The quantitative estimate of drug-likeness (QED) is 0.480. The normalized spacial score (nSPS) is 13.8. The molecule has 0 spiro atoms. The molecular weight excluding hydrogens is 394 g/mol. The zero-order valence-corrected chi connectivity index (χ0v) is 17.8. The van der Waals surface area contributed by atoms with E-state index in [-0.39, 0.29) is 11.8 Å². The van der Waals surface area contributed by atoms with Crippen LogP contribution in [0.15, 0.2) is 22.5 Å². The molecular formula is C19H25N5O2S2. The van der Waals surface area contributed by atoms with E-state index in [0.717, 1.165) is 36.0 Å². The second-order valence-electron chi connectivity index (χ2n) is 6.72. The number of nitrogens with zero attached hydrogens (tertiary/aromatic N) is 3. The summed E-state index contributed by atoms with van der Waals surface area (Å²) in [6, 6.07) is 6.09. The number of hydrogen-bond donors (Lipinski definition) is 2. The Morgan fingerprint density at radius 3 is 2.96 bits per heavy atom. The van der Waals surface area contributed by atoms with Crippen LogP contribution >= 0.6 is 23.1 Å². The highest BCUT2D eigenvalue weighted by Crippen LogP contribution is 2.29. The topological polar surface area (TPSA) is 87.2 Å². The number of carbonyl (C=O) groups excluding carboxylic acids is 2. The van der Waals surface area contributed by atoms with Crippen molar-refractivity contribution >= 4 is 45.7 Å². The van der Waals surface area contributed by atoms with Gasteiger partial charge in [-0.05, 0) is 43.9 Å². The van der Waals surface area contributed by atoms with Gasteiger partial charge in [0.1, 0.15) is 0 Å². The predicted octanol–water partition coefficient (Wildman–Crippen LogP) is 3.12. The van der Waals surface area contributed by atoms with Crippen LogP contribution in [0.3, 0.4) is 0 Å². The van der Waals surface area contributed by atoms with E-state index in [0.29, 0.717) is 23.8 Å². The maximum Gasteiger partial charge on any atom is 0.230 e. The molecule has 0 radical (unpaired) electrons. The molecule has 0 aliphatic carbocycles. The van der Waals surface area contributed by atoms with Gasteiger partial charge in [-0.1, -0.05) is 35.2 Å². The lowest BCUT2D eigenvalue weighted by Gasteiger charge is -2.15. The summed E-state index contributed by atoms with van der Waals surface area (Å²) in [5.41, 5.74) is 3.42. The number of amides is 2. The Labute approximate surface area is 173 Å². The molecule has 2 heterocycles. The van der Waals surface area contributed by atoms with E-state index in [1.54, 1.807) is 0 Å². The van der Waals surface area contributed by atoms with E-state index in [4.69, 9.17) is 0 Å². The fraction of sp³-hybridized carbons (Fsp3) is 0.474. The van der Waals surface area contributed by atoms with E-state index in [1.807, 2.05) is 17.0 Å². The maximum atomic E-state index is 12.0. The zero-order chi connectivity index (χ0) is 19.9. The van der Waals surface area contributed by atoms with Crippen molar-refractivity contribution in [3.63, 3.8) is 0 Å². The third-order valence-electron chi connectivity index (χ3n) is 4.68. The summed E-state index contributed by atoms with van der Waals surface area (Å²) in [4.78, 5) is 25.4. The molecule has 0 saturated carbocycles. The molecule has 1 aromatic carbocycles. The summed E-state index contributed by atoms with van der Waals surface area (Å²) in [5, 5.41) is 15.2. The molecule has 1 saturated heterocycles. The van der Waals surface area contributed by atoms with Crippen LogP contribution in [-0.2, 0) is 9.59 Å². The number of anilines is 2. The molecule has 28 heavy (non-hydrogen) atoms. The molecule has 1 aromatic heterocycles. The number of thioether (sulfide) groups is 1. The minimum Gasteiger partial charge on any atom is -0.355 e. The van der Waals surface area contributed by atoms with Crippen molar-refractivity contribution in [1.29, 1.82) is 0 Å². The molecule has 0 bridgehead atoms. The van der Waals surface area contributed by atoms with Crippen LogP contribution in [0.25, 0.3) is 0 Å². The van der Waals surface area contributed by atoms with Crippen molar-refractivity contribution in [3.8, 4) is 0 Å². The van der Waals surface area contributed by atoms with Gasteiger partial charge >= 0.3 is 0 Å². The molecule has 7 nitrogen and oxygen atoms in total. The summed E-state index contributed by atoms with van der Waals surface area (Å²) >= 11 is 2.81. The van der Waals surface area contributed by atoms with Crippen LogP contribution in [0.2, 0.25) is 0 Å².